The molecule has 1 nitrogen and oxygen atoms in total. The molecule has 108 valence electrons. The van der Waals surface area contributed by atoms with Crippen molar-refractivity contribution < 1.29 is 4.39 Å². The van der Waals surface area contributed by atoms with Gasteiger partial charge < -0.3 is 5.32 Å². The summed E-state index contributed by atoms with van der Waals surface area (Å²) in [5.74, 6) is 0.151. The summed E-state index contributed by atoms with van der Waals surface area (Å²) in [4.78, 5) is 1.32. The van der Waals surface area contributed by atoms with Crippen molar-refractivity contribution >= 4 is 27.3 Å². The smallest absolute Gasteiger partial charge is 0.123 e. The van der Waals surface area contributed by atoms with E-state index in [0.717, 1.165) is 35.3 Å². The maximum atomic E-state index is 13.4. The molecular formula is C16H19BrFNS. The van der Waals surface area contributed by atoms with Crippen LogP contribution in [0, 0.1) is 5.82 Å². The second-order valence-corrected chi connectivity index (χ2v) is 7.41. The van der Waals surface area contributed by atoms with Crippen molar-refractivity contribution in [2.24, 2.45) is 0 Å². The zero-order valence-electron chi connectivity index (χ0n) is 11.5. The Labute approximate surface area is 132 Å². The van der Waals surface area contributed by atoms with Gasteiger partial charge >= 0.3 is 0 Å². The molecular weight excluding hydrogens is 337 g/mol. The van der Waals surface area contributed by atoms with Crippen molar-refractivity contribution in [1.29, 1.82) is 0 Å². The fraction of sp³-hybridized carbons (Fsp3) is 0.375. The molecule has 0 fully saturated rings. The van der Waals surface area contributed by atoms with Gasteiger partial charge in [-0.15, -0.1) is 11.3 Å². The van der Waals surface area contributed by atoms with Crippen LogP contribution in [-0.4, -0.2) is 13.1 Å². The Bertz CT molecular complexity index is 541. The first-order valence-corrected chi connectivity index (χ1v) is 8.50. The van der Waals surface area contributed by atoms with Gasteiger partial charge in [-0.25, -0.2) is 4.39 Å². The molecule has 0 saturated heterocycles. The minimum atomic E-state index is -0.157. The average molecular weight is 356 g/mol. The Hall–Kier alpha value is -0.710. The second-order valence-electron chi connectivity index (χ2n) is 4.87. The highest BCUT2D eigenvalue weighted by Gasteiger charge is 2.14. The van der Waals surface area contributed by atoms with E-state index in [-0.39, 0.29) is 5.82 Å². The van der Waals surface area contributed by atoms with Crippen LogP contribution in [0.25, 0.3) is 0 Å². The van der Waals surface area contributed by atoms with E-state index in [9.17, 15) is 4.39 Å². The van der Waals surface area contributed by atoms with Crippen LogP contribution in [0.4, 0.5) is 4.39 Å². The van der Waals surface area contributed by atoms with Crippen LogP contribution in [-0.2, 0) is 6.42 Å². The van der Waals surface area contributed by atoms with E-state index < -0.39 is 0 Å². The van der Waals surface area contributed by atoms with E-state index >= 15 is 0 Å². The van der Waals surface area contributed by atoms with Gasteiger partial charge in [0.25, 0.3) is 0 Å². The lowest BCUT2D eigenvalue weighted by Gasteiger charge is -2.17. The molecule has 2 aromatic rings. The summed E-state index contributed by atoms with van der Waals surface area (Å²) < 4.78 is 14.6. The molecule has 0 amide bonds. The lowest BCUT2D eigenvalue weighted by molar-refractivity contribution is 0.571. The Kier molecular flexibility index (Phi) is 6.20. The highest BCUT2D eigenvalue weighted by Crippen LogP contribution is 2.28. The predicted molar refractivity (Wildman–Crippen MR) is 88.0 cm³/mol. The minimum absolute atomic E-state index is 0.157. The zero-order valence-corrected chi connectivity index (χ0v) is 13.9. The third kappa shape index (κ3) is 4.69. The fourth-order valence-corrected chi connectivity index (χ4v) is 3.79. The summed E-state index contributed by atoms with van der Waals surface area (Å²) in [6, 6.07) is 11.2. The van der Waals surface area contributed by atoms with Crippen LogP contribution in [0.2, 0.25) is 0 Å². The van der Waals surface area contributed by atoms with Crippen LogP contribution in [0.1, 0.15) is 29.7 Å². The molecule has 4 heteroatoms. The van der Waals surface area contributed by atoms with Gasteiger partial charge in [0.2, 0.25) is 0 Å². The Morgan fingerprint density at radius 2 is 2.15 bits per heavy atom. The summed E-state index contributed by atoms with van der Waals surface area (Å²) in [7, 11) is 0. The average Bonchev–Trinajstić information content (AvgIpc) is 2.83. The quantitative estimate of drug-likeness (QED) is 0.691. The predicted octanol–water partition coefficient (Wildman–Crippen LogP) is 4.98. The number of thiophene rings is 1. The molecule has 0 aliphatic carbocycles. The van der Waals surface area contributed by atoms with Gasteiger partial charge in [-0.3, -0.25) is 0 Å². The molecule has 0 saturated carbocycles. The number of hydrogen-bond acceptors (Lipinski definition) is 2. The molecule has 0 bridgehead atoms. The van der Waals surface area contributed by atoms with E-state index in [2.05, 4.69) is 40.3 Å². The zero-order chi connectivity index (χ0) is 14.4. The Morgan fingerprint density at radius 1 is 1.30 bits per heavy atom. The van der Waals surface area contributed by atoms with Gasteiger partial charge in [-0.1, -0.05) is 19.1 Å². The van der Waals surface area contributed by atoms with Gasteiger partial charge in [-0.05, 0) is 65.1 Å². The van der Waals surface area contributed by atoms with Crippen LogP contribution in [0.3, 0.4) is 0 Å². The Morgan fingerprint density at radius 3 is 2.80 bits per heavy atom. The summed E-state index contributed by atoms with van der Waals surface area (Å²) in [6.07, 6.45) is 2.05. The highest BCUT2D eigenvalue weighted by molar-refractivity contribution is 9.11. The van der Waals surface area contributed by atoms with Crippen LogP contribution < -0.4 is 5.32 Å². The van der Waals surface area contributed by atoms with E-state index in [1.807, 2.05) is 6.07 Å². The second kappa shape index (κ2) is 7.91. The van der Waals surface area contributed by atoms with Crippen molar-refractivity contribution in [3.63, 3.8) is 0 Å². The third-order valence-electron chi connectivity index (χ3n) is 3.21. The molecule has 1 N–H and O–H groups in total. The molecule has 20 heavy (non-hydrogen) atoms. The molecule has 0 aliphatic heterocycles. The lowest BCUT2D eigenvalue weighted by atomic mass is 9.94. The van der Waals surface area contributed by atoms with Crippen LogP contribution in [0.5, 0.6) is 0 Å². The third-order valence-corrected chi connectivity index (χ3v) is 4.86. The van der Waals surface area contributed by atoms with Crippen LogP contribution >= 0.6 is 27.3 Å². The molecule has 1 atom stereocenters. The van der Waals surface area contributed by atoms with E-state index in [1.165, 1.54) is 10.9 Å². The normalized spacial score (nSPS) is 12.6. The van der Waals surface area contributed by atoms with Gasteiger partial charge in [-0.2, -0.15) is 0 Å². The van der Waals surface area contributed by atoms with Gasteiger partial charge in [0.05, 0.1) is 3.79 Å². The van der Waals surface area contributed by atoms with Gasteiger partial charge in [0.1, 0.15) is 5.82 Å². The number of hydrogen-bond donors (Lipinski definition) is 1. The van der Waals surface area contributed by atoms with Crippen LogP contribution in [0.15, 0.2) is 40.2 Å². The van der Waals surface area contributed by atoms with E-state index in [1.54, 1.807) is 23.5 Å². The first kappa shape index (κ1) is 15.7. The first-order chi connectivity index (χ1) is 9.69. The minimum Gasteiger partial charge on any atom is -0.316 e. The number of benzene rings is 1. The topological polar surface area (TPSA) is 12.0 Å². The summed E-state index contributed by atoms with van der Waals surface area (Å²) in [5.41, 5.74) is 1.07. The molecule has 0 aliphatic rings. The molecule has 1 aromatic heterocycles. The molecule has 0 radical (unpaired) electrons. The molecule has 1 unspecified atom stereocenters. The maximum absolute atomic E-state index is 13.4. The molecule has 1 heterocycles. The van der Waals surface area contributed by atoms with E-state index in [4.69, 9.17) is 0 Å². The van der Waals surface area contributed by atoms with Crippen molar-refractivity contribution in [2.75, 3.05) is 13.1 Å². The molecule has 0 spiro atoms. The monoisotopic (exact) mass is 355 g/mol. The summed E-state index contributed by atoms with van der Waals surface area (Å²) >= 11 is 5.25. The molecule has 1 aromatic carbocycles. The fourth-order valence-electron chi connectivity index (χ4n) is 2.23. The number of nitrogens with one attached hydrogen (secondary N) is 1. The molecule has 2 rings (SSSR count). The number of halogens is 2. The largest absolute Gasteiger partial charge is 0.316 e. The Balaban J connectivity index is 2.11. The van der Waals surface area contributed by atoms with Crippen molar-refractivity contribution in [1.82, 2.24) is 5.32 Å². The number of rotatable bonds is 7. The van der Waals surface area contributed by atoms with Crippen molar-refractivity contribution in [3.8, 4) is 0 Å². The maximum Gasteiger partial charge on any atom is 0.123 e. The highest BCUT2D eigenvalue weighted by atomic mass is 79.9. The van der Waals surface area contributed by atoms with Crippen molar-refractivity contribution in [2.45, 2.75) is 25.7 Å². The summed E-state index contributed by atoms with van der Waals surface area (Å²) in [6.45, 7) is 4.04. The summed E-state index contributed by atoms with van der Waals surface area (Å²) in [5, 5.41) is 3.45. The lowest BCUT2D eigenvalue weighted by Crippen LogP contribution is -2.23. The standard InChI is InChI=1S/C16H19BrFNS/c1-2-8-19-11-13(10-15-6-7-16(17)20-15)12-4-3-5-14(18)9-12/h3-7,9,13,19H,2,8,10-11H2,1H3. The SMILES string of the molecule is CCCNCC(Cc1ccc(Br)s1)c1cccc(F)c1. The van der Waals surface area contributed by atoms with Gasteiger partial charge in [0.15, 0.2) is 0 Å². The van der Waals surface area contributed by atoms with Gasteiger partial charge in [0, 0.05) is 17.3 Å². The van der Waals surface area contributed by atoms with E-state index in [0.29, 0.717) is 5.92 Å². The first-order valence-electron chi connectivity index (χ1n) is 6.89. The van der Waals surface area contributed by atoms with Crippen molar-refractivity contribution in [3.05, 3.63) is 56.4 Å².